The minimum absolute atomic E-state index is 0.322. The number of thiazole rings is 1. The number of nitrogens with zero attached hydrogens (tertiary/aromatic N) is 1. The Labute approximate surface area is 167 Å². The van der Waals surface area contributed by atoms with E-state index in [1.54, 1.807) is 11.3 Å². The van der Waals surface area contributed by atoms with Crippen molar-refractivity contribution in [2.24, 2.45) is 0 Å². The summed E-state index contributed by atoms with van der Waals surface area (Å²) < 4.78 is 17.6. The summed E-state index contributed by atoms with van der Waals surface area (Å²) in [6, 6.07) is 13.3. The Hall–Kier alpha value is -2.64. The molecule has 148 valence electrons. The van der Waals surface area contributed by atoms with Crippen molar-refractivity contribution in [1.82, 2.24) is 4.98 Å². The molecule has 3 rings (SSSR count). The van der Waals surface area contributed by atoms with Gasteiger partial charge in [0.05, 0.1) is 28.4 Å². The van der Waals surface area contributed by atoms with E-state index in [0.717, 1.165) is 38.7 Å². The summed E-state index contributed by atoms with van der Waals surface area (Å²) in [6.07, 6.45) is 0.236. The van der Waals surface area contributed by atoms with Gasteiger partial charge in [0.25, 0.3) is 0 Å². The Balaban J connectivity index is 1.40. The zero-order valence-corrected chi connectivity index (χ0v) is 16.7. The molecule has 1 N–H and O–H groups in total. The number of rotatable bonds is 10. The normalized spacial score (nSPS) is 12.1. The monoisotopic (exact) mass is 401 g/mol. The van der Waals surface area contributed by atoms with Crippen LogP contribution in [-0.2, 0) is 16.0 Å². The molecule has 2 aromatic carbocycles. The molecule has 1 aromatic heterocycles. The number of methoxy groups -OCH3 is 1. The molecule has 0 aliphatic heterocycles. The number of aromatic nitrogens is 1. The van der Waals surface area contributed by atoms with Crippen LogP contribution in [0.2, 0.25) is 0 Å². The van der Waals surface area contributed by atoms with Gasteiger partial charge in [0.2, 0.25) is 0 Å². The van der Waals surface area contributed by atoms with E-state index in [0.29, 0.717) is 19.6 Å². The van der Waals surface area contributed by atoms with Gasteiger partial charge in [-0.2, -0.15) is 0 Å². The molecule has 0 radical (unpaired) electrons. The quantitative estimate of drug-likeness (QED) is 0.516. The van der Waals surface area contributed by atoms with Crippen LogP contribution in [-0.4, -0.2) is 42.5 Å². The van der Waals surface area contributed by atoms with Crippen molar-refractivity contribution in [3.05, 3.63) is 53.0 Å². The summed E-state index contributed by atoms with van der Waals surface area (Å²) in [6.45, 7) is 3.09. The van der Waals surface area contributed by atoms with E-state index in [-0.39, 0.29) is 0 Å². The standard InChI is InChI=1S/C21H23NO5S/c1-14-22-18-13-17(8-9-20(18)28-14)27-11-3-10-26-16-6-4-15(5-7-16)12-19(25-2)21(23)24/h4-9,13,19H,3,10-12H2,1-2H3,(H,23,24)/t19-/m0/s1. The fourth-order valence-corrected chi connectivity index (χ4v) is 3.57. The third-order valence-corrected chi connectivity index (χ3v) is 5.15. The first kappa shape index (κ1) is 20.1. The number of aryl methyl sites for hydroxylation is 1. The molecule has 0 fully saturated rings. The minimum Gasteiger partial charge on any atom is -0.493 e. The molecule has 1 atom stereocenters. The van der Waals surface area contributed by atoms with Gasteiger partial charge in [-0.3, -0.25) is 0 Å². The summed E-state index contributed by atoms with van der Waals surface area (Å²) in [5, 5.41) is 10.1. The van der Waals surface area contributed by atoms with Crippen LogP contribution in [0.5, 0.6) is 11.5 Å². The van der Waals surface area contributed by atoms with Crippen molar-refractivity contribution < 1.29 is 24.1 Å². The van der Waals surface area contributed by atoms with Gasteiger partial charge in [-0.05, 0) is 36.8 Å². The number of benzene rings is 2. The average Bonchev–Trinajstić information content (AvgIpc) is 3.06. The molecule has 28 heavy (non-hydrogen) atoms. The maximum atomic E-state index is 11.0. The second-order valence-electron chi connectivity index (χ2n) is 6.32. The molecule has 7 heteroatoms. The molecule has 0 aliphatic rings. The Morgan fingerprint density at radius 2 is 1.79 bits per heavy atom. The predicted molar refractivity (Wildman–Crippen MR) is 109 cm³/mol. The van der Waals surface area contributed by atoms with Crippen LogP contribution in [0.1, 0.15) is 17.0 Å². The Morgan fingerprint density at radius 3 is 2.46 bits per heavy atom. The highest BCUT2D eigenvalue weighted by Gasteiger charge is 2.16. The molecular weight excluding hydrogens is 378 g/mol. The minimum atomic E-state index is -0.966. The van der Waals surface area contributed by atoms with Crippen molar-refractivity contribution in [1.29, 1.82) is 0 Å². The summed E-state index contributed by atoms with van der Waals surface area (Å²) in [7, 11) is 1.40. The molecule has 0 saturated carbocycles. The maximum Gasteiger partial charge on any atom is 0.333 e. The molecule has 0 saturated heterocycles. The molecule has 1 heterocycles. The van der Waals surface area contributed by atoms with Crippen LogP contribution in [0.15, 0.2) is 42.5 Å². The van der Waals surface area contributed by atoms with Gasteiger partial charge in [-0.15, -0.1) is 11.3 Å². The number of carbonyl (C=O) groups is 1. The van der Waals surface area contributed by atoms with Crippen molar-refractivity contribution in [2.45, 2.75) is 25.9 Å². The van der Waals surface area contributed by atoms with Crippen molar-refractivity contribution in [2.75, 3.05) is 20.3 Å². The highest BCUT2D eigenvalue weighted by molar-refractivity contribution is 7.18. The average molecular weight is 401 g/mol. The van der Waals surface area contributed by atoms with E-state index < -0.39 is 12.1 Å². The number of aliphatic carboxylic acids is 1. The molecule has 0 unspecified atom stereocenters. The van der Waals surface area contributed by atoms with E-state index in [1.807, 2.05) is 49.4 Å². The van der Waals surface area contributed by atoms with E-state index in [2.05, 4.69) is 4.98 Å². The van der Waals surface area contributed by atoms with Gasteiger partial charge in [0.15, 0.2) is 6.10 Å². The van der Waals surface area contributed by atoms with Gasteiger partial charge in [0, 0.05) is 26.0 Å². The third-order valence-electron chi connectivity index (χ3n) is 4.20. The van der Waals surface area contributed by atoms with Crippen LogP contribution in [0, 0.1) is 6.92 Å². The van der Waals surface area contributed by atoms with Gasteiger partial charge in [-0.25, -0.2) is 9.78 Å². The van der Waals surface area contributed by atoms with Crippen LogP contribution in [0.4, 0.5) is 0 Å². The lowest BCUT2D eigenvalue weighted by atomic mass is 10.1. The molecule has 0 spiro atoms. The second-order valence-corrected chi connectivity index (χ2v) is 7.56. The summed E-state index contributed by atoms with van der Waals surface area (Å²) in [5.41, 5.74) is 1.85. The SMILES string of the molecule is CO[C@@H](Cc1ccc(OCCCOc2ccc3sc(C)nc3c2)cc1)C(=O)O. The molecule has 0 aliphatic carbocycles. The van der Waals surface area contributed by atoms with E-state index in [9.17, 15) is 4.79 Å². The summed E-state index contributed by atoms with van der Waals surface area (Å²) in [5.74, 6) is 0.590. The van der Waals surface area contributed by atoms with Crippen molar-refractivity contribution >= 4 is 27.5 Å². The second kappa shape index (κ2) is 9.52. The fourth-order valence-electron chi connectivity index (χ4n) is 2.76. The number of fused-ring (bicyclic) bond motifs is 1. The lowest BCUT2D eigenvalue weighted by Gasteiger charge is -2.11. The highest BCUT2D eigenvalue weighted by Crippen LogP contribution is 2.25. The van der Waals surface area contributed by atoms with Crippen molar-refractivity contribution in [3.63, 3.8) is 0 Å². The predicted octanol–water partition coefficient (Wildman–Crippen LogP) is 4.09. The Kier molecular flexibility index (Phi) is 6.84. The first-order chi connectivity index (χ1) is 13.5. The molecule has 6 nitrogen and oxygen atoms in total. The lowest BCUT2D eigenvalue weighted by Crippen LogP contribution is -2.24. The number of hydrogen-bond acceptors (Lipinski definition) is 6. The number of ether oxygens (including phenoxy) is 3. The largest absolute Gasteiger partial charge is 0.493 e. The number of carboxylic acid groups (broad SMARTS) is 1. The molecule has 3 aromatic rings. The van der Waals surface area contributed by atoms with Crippen LogP contribution >= 0.6 is 11.3 Å². The molecular formula is C21H23NO5S. The first-order valence-corrected chi connectivity index (χ1v) is 9.84. The number of carboxylic acids is 1. The fraction of sp³-hybridized carbons (Fsp3) is 0.333. The highest BCUT2D eigenvalue weighted by atomic mass is 32.1. The molecule has 0 amide bonds. The Morgan fingerprint density at radius 1 is 1.11 bits per heavy atom. The van der Waals surface area contributed by atoms with Crippen LogP contribution < -0.4 is 9.47 Å². The lowest BCUT2D eigenvalue weighted by molar-refractivity contribution is -0.148. The van der Waals surface area contributed by atoms with Gasteiger partial charge in [-0.1, -0.05) is 12.1 Å². The third kappa shape index (κ3) is 5.43. The van der Waals surface area contributed by atoms with Crippen LogP contribution in [0.25, 0.3) is 10.2 Å². The summed E-state index contributed by atoms with van der Waals surface area (Å²) >= 11 is 1.67. The van der Waals surface area contributed by atoms with Crippen molar-refractivity contribution in [3.8, 4) is 11.5 Å². The van der Waals surface area contributed by atoms with Gasteiger partial charge in [0.1, 0.15) is 11.5 Å². The summed E-state index contributed by atoms with van der Waals surface area (Å²) in [4.78, 5) is 15.5. The first-order valence-electron chi connectivity index (χ1n) is 9.02. The topological polar surface area (TPSA) is 77.9 Å². The van der Waals surface area contributed by atoms with E-state index >= 15 is 0 Å². The zero-order valence-electron chi connectivity index (χ0n) is 15.9. The van der Waals surface area contributed by atoms with Gasteiger partial charge >= 0.3 is 5.97 Å². The van der Waals surface area contributed by atoms with E-state index in [4.69, 9.17) is 19.3 Å². The maximum absolute atomic E-state index is 11.0. The Bertz CT molecular complexity index is 922. The zero-order chi connectivity index (χ0) is 19.9. The number of hydrogen-bond donors (Lipinski definition) is 1. The molecule has 0 bridgehead atoms. The smallest absolute Gasteiger partial charge is 0.333 e. The van der Waals surface area contributed by atoms with Crippen LogP contribution in [0.3, 0.4) is 0 Å². The van der Waals surface area contributed by atoms with E-state index in [1.165, 1.54) is 7.11 Å². The van der Waals surface area contributed by atoms with Gasteiger partial charge < -0.3 is 19.3 Å².